The van der Waals surface area contributed by atoms with E-state index in [1.807, 2.05) is 30.9 Å². The highest BCUT2D eigenvalue weighted by Crippen LogP contribution is 2.39. The molecule has 2 saturated carbocycles. The van der Waals surface area contributed by atoms with Gasteiger partial charge in [0, 0.05) is 36.6 Å². The molecule has 0 spiro atoms. The lowest BCUT2D eigenvalue weighted by Crippen LogP contribution is -2.42. The van der Waals surface area contributed by atoms with Crippen LogP contribution in [-0.2, 0) is 9.59 Å². The van der Waals surface area contributed by atoms with Crippen molar-refractivity contribution in [1.82, 2.24) is 9.97 Å². The van der Waals surface area contributed by atoms with E-state index in [2.05, 4.69) is 35.1 Å². The number of nitrogens with zero attached hydrogens (tertiary/aromatic N) is 3. The quantitative estimate of drug-likeness (QED) is 0.258. The molecule has 43 heavy (non-hydrogen) atoms. The summed E-state index contributed by atoms with van der Waals surface area (Å²) in [5.74, 6) is 2.71. The lowest BCUT2D eigenvalue weighted by Gasteiger charge is -2.35. The Hall–Kier alpha value is -3.68. The predicted molar refractivity (Wildman–Crippen MR) is 166 cm³/mol. The fourth-order valence-electron chi connectivity index (χ4n) is 6.88. The summed E-state index contributed by atoms with van der Waals surface area (Å²) in [6.45, 7) is 6.82. The summed E-state index contributed by atoms with van der Waals surface area (Å²) < 4.78 is 11.1. The summed E-state index contributed by atoms with van der Waals surface area (Å²) in [5, 5.41) is 9.24. The Balaban J connectivity index is 1.33. The van der Waals surface area contributed by atoms with Crippen molar-refractivity contribution in [2.75, 3.05) is 18.6 Å². The van der Waals surface area contributed by atoms with Crippen LogP contribution >= 0.6 is 0 Å². The summed E-state index contributed by atoms with van der Waals surface area (Å²) >= 11 is 0. The van der Waals surface area contributed by atoms with Crippen molar-refractivity contribution in [3.05, 3.63) is 59.8 Å². The van der Waals surface area contributed by atoms with Gasteiger partial charge in [0.25, 0.3) is 0 Å². The molecule has 8 heteroatoms. The van der Waals surface area contributed by atoms with E-state index < -0.39 is 5.97 Å². The van der Waals surface area contributed by atoms with Crippen molar-refractivity contribution < 1.29 is 23.8 Å². The number of aliphatic carboxylic acids is 1. The van der Waals surface area contributed by atoms with Crippen LogP contribution in [0.5, 0.6) is 5.75 Å². The topological polar surface area (TPSA) is 106 Å². The lowest BCUT2D eigenvalue weighted by atomic mass is 9.77. The molecule has 2 aliphatic rings. The number of hydrogen-bond donors (Lipinski definition) is 1. The highest BCUT2D eigenvalue weighted by molar-refractivity contribution is 5.94. The number of ether oxygens (including phenoxy) is 1. The molecule has 5 rings (SSSR count). The van der Waals surface area contributed by atoms with Gasteiger partial charge in [-0.25, -0.2) is 9.97 Å². The number of aryl methyl sites for hydroxylation is 1. The fraction of sp³-hybridized carbons (Fsp3) is 0.543. The summed E-state index contributed by atoms with van der Waals surface area (Å²) in [6.07, 6.45) is 10.9. The number of anilines is 1. The SMILES string of the molecule is COc1ccc([C@H]2CC[C@H](CN(c3cc(-c4coc(C(C)C)n4)ccn3)C(=O)[C@H]3CC[C@H](CC(=O)O)CC3)CC2)cc1C. The maximum atomic E-state index is 14.1. The average Bonchev–Trinajstić information content (AvgIpc) is 3.51. The standard InChI is InChI=1S/C35H45N3O5/c1-22(2)34-37-30(21-43-34)29-15-16-36-32(19-29)38(35(41)27-11-5-24(6-12-27)18-33(39)40)20-25-7-9-26(10-8-25)28-13-14-31(42-4)23(3)17-28/h13-17,19,21-22,24-27H,5-12,18,20H2,1-4H3,(H,39,40)/t24-,25-,26-,27-. The van der Waals surface area contributed by atoms with Gasteiger partial charge in [-0.1, -0.05) is 26.0 Å². The molecule has 0 bridgehead atoms. The molecule has 0 radical (unpaired) electrons. The first kappa shape index (κ1) is 30.8. The Morgan fingerprint density at radius 3 is 2.37 bits per heavy atom. The van der Waals surface area contributed by atoms with Crippen LogP contribution in [-0.4, -0.2) is 40.6 Å². The minimum Gasteiger partial charge on any atom is -0.496 e. The molecule has 1 amide bonds. The monoisotopic (exact) mass is 587 g/mol. The third-order valence-electron chi connectivity index (χ3n) is 9.44. The van der Waals surface area contributed by atoms with Crippen molar-refractivity contribution >= 4 is 17.7 Å². The molecule has 1 aromatic carbocycles. The van der Waals surface area contributed by atoms with Crippen LogP contribution < -0.4 is 9.64 Å². The lowest BCUT2D eigenvalue weighted by molar-refractivity contribution is -0.138. The number of oxazole rings is 1. The second-order valence-electron chi connectivity index (χ2n) is 12.8. The number of amides is 1. The number of benzene rings is 1. The zero-order chi connectivity index (χ0) is 30.5. The molecule has 1 N–H and O–H groups in total. The molecule has 2 aromatic heterocycles. The van der Waals surface area contributed by atoms with Crippen LogP contribution in [0.2, 0.25) is 0 Å². The number of carboxylic acid groups (broad SMARTS) is 1. The first-order valence-corrected chi connectivity index (χ1v) is 15.8. The number of methoxy groups -OCH3 is 1. The molecule has 0 unspecified atom stereocenters. The number of pyridine rings is 1. The molecular formula is C35H45N3O5. The minimum atomic E-state index is -0.758. The maximum Gasteiger partial charge on any atom is 0.303 e. The largest absolute Gasteiger partial charge is 0.496 e. The first-order chi connectivity index (χ1) is 20.7. The van der Waals surface area contributed by atoms with Gasteiger partial charge in [0.05, 0.1) is 7.11 Å². The third-order valence-corrected chi connectivity index (χ3v) is 9.44. The van der Waals surface area contributed by atoms with E-state index in [9.17, 15) is 14.7 Å². The normalized spacial score (nSPS) is 22.3. The van der Waals surface area contributed by atoms with Crippen LogP contribution in [0.4, 0.5) is 5.82 Å². The number of carbonyl (C=O) groups is 2. The smallest absolute Gasteiger partial charge is 0.303 e. The highest BCUT2D eigenvalue weighted by Gasteiger charge is 2.34. The van der Waals surface area contributed by atoms with E-state index in [1.54, 1.807) is 19.6 Å². The van der Waals surface area contributed by atoms with Crippen LogP contribution in [0, 0.1) is 24.7 Å². The number of rotatable bonds is 10. The van der Waals surface area contributed by atoms with Gasteiger partial charge in [0.2, 0.25) is 5.91 Å². The predicted octanol–water partition coefficient (Wildman–Crippen LogP) is 7.77. The molecule has 0 aliphatic heterocycles. The van der Waals surface area contributed by atoms with E-state index in [1.165, 1.54) is 5.56 Å². The molecule has 0 saturated heterocycles. The average molecular weight is 588 g/mol. The van der Waals surface area contributed by atoms with Crippen molar-refractivity contribution in [3.63, 3.8) is 0 Å². The van der Waals surface area contributed by atoms with Crippen molar-refractivity contribution in [2.45, 2.75) is 90.4 Å². The van der Waals surface area contributed by atoms with E-state index in [0.717, 1.165) is 73.9 Å². The zero-order valence-electron chi connectivity index (χ0n) is 25.9. The third kappa shape index (κ3) is 7.46. The molecule has 3 aromatic rings. The Morgan fingerprint density at radius 2 is 1.74 bits per heavy atom. The highest BCUT2D eigenvalue weighted by atomic mass is 16.5. The zero-order valence-corrected chi connectivity index (χ0v) is 25.9. The fourth-order valence-corrected chi connectivity index (χ4v) is 6.88. The van der Waals surface area contributed by atoms with Gasteiger partial charge in [-0.3, -0.25) is 14.5 Å². The number of aromatic nitrogens is 2. The minimum absolute atomic E-state index is 0.106. The van der Waals surface area contributed by atoms with E-state index in [0.29, 0.717) is 30.1 Å². The first-order valence-electron chi connectivity index (χ1n) is 15.8. The van der Waals surface area contributed by atoms with Crippen molar-refractivity contribution in [2.24, 2.45) is 17.8 Å². The molecule has 230 valence electrons. The Morgan fingerprint density at radius 1 is 1.02 bits per heavy atom. The molecule has 2 heterocycles. The maximum absolute atomic E-state index is 14.1. The van der Waals surface area contributed by atoms with Gasteiger partial charge in [-0.15, -0.1) is 0 Å². The second kappa shape index (κ2) is 13.7. The van der Waals surface area contributed by atoms with Gasteiger partial charge in [-0.05, 0) is 105 Å². The van der Waals surface area contributed by atoms with Crippen LogP contribution in [0.1, 0.15) is 100 Å². The Labute approximate surface area is 254 Å². The van der Waals surface area contributed by atoms with E-state index in [-0.39, 0.29) is 30.1 Å². The summed E-state index contributed by atoms with van der Waals surface area (Å²) in [4.78, 5) is 36.7. The van der Waals surface area contributed by atoms with E-state index in [4.69, 9.17) is 9.15 Å². The van der Waals surface area contributed by atoms with Crippen molar-refractivity contribution in [1.29, 1.82) is 0 Å². The van der Waals surface area contributed by atoms with Gasteiger partial charge in [0.1, 0.15) is 23.5 Å². The number of carboxylic acids is 1. The van der Waals surface area contributed by atoms with Crippen LogP contribution in [0.25, 0.3) is 11.3 Å². The van der Waals surface area contributed by atoms with E-state index >= 15 is 0 Å². The van der Waals surface area contributed by atoms with Gasteiger partial charge in [-0.2, -0.15) is 0 Å². The van der Waals surface area contributed by atoms with Gasteiger partial charge >= 0.3 is 5.97 Å². The molecule has 2 fully saturated rings. The number of carbonyl (C=O) groups excluding carboxylic acids is 1. The second-order valence-corrected chi connectivity index (χ2v) is 12.8. The molecule has 2 aliphatic carbocycles. The Bertz CT molecular complexity index is 1400. The van der Waals surface area contributed by atoms with Crippen LogP contribution in [0.3, 0.4) is 0 Å². The van der Waals surface area contributed by atoms with Gasteiger partial charge < -0.3 is 14.3 Å². The van der Waals surface area contributed by atoms with Crippen LogP contribution in [0.15, 0.2) is 47.2 Å². The summed E-state index contributed by atoms with van der Waals surface area (Å²) in [6, 6.07) is 10.4. The molecule has 8 nitrogen and oxygen atoms in total. The Kier molecular flexibility index (Phi) is 9.83. The number of hydrogen-bond acceptors (Lipinski definition) is 6. The van der Waals surface area contributed by atoms with Crippen molar-refractivity contribution in [3.8, 4) is 17.0 Å². The van der Waals surface area contributed by atoms with Gasteiger partial charge in [0.15, 0.2) is 5.89 Å². The summed E-state index contributed by atoms with van der Waals surface area (Å²) in [5.41, 5.74) is 4.15. The molecular weight excluding hydrogens is 542 g/mol. The molecule has 0 atom stereocenters. The summed E-state index contributed by atoms with van der Waals surface area (Å²) in [7, 11) is 1.71.